The first-order valence-corrected chi connectivity index (χ1v) is 12.8. The molecule has 0 amide bonds. The Balaban J connectivity index is 1.73. The van der Waals surface area contributed by atoms with Crippen molar-refractivity contribution in [1.82, 2.24) is 15.1 Å². The van der Waals surface area contributed by atoms with E-state index in [1.807, 2.05) is 0 Å². The van der Waals surface area contributed by atoms with Crippen LogP contribution in [0.25, 0.3) is 11.3 Å². The number of aromatic nitrogens is 2. The molecule has 27 heavy (non-hydrogen) atoms. The maximum atomic E-state index is 13.4. The van der Waals surface area contributed by atoms with Crippen LogP contribution < -0.4 is 5.32 Å². The lowest BCUT2D eigenvalue weighted by molar-refractivity contribution is 0.237. The Labute approximate surface area is 167 Å². The van der Waals surface area contributed by atoms with Crippen LogP contribution >= 0.6 is 11.6 Å². The van der Waals surface area contributed by atoms with Crippen molar-refractivity contribution in [3.63, 3.8) is 0 Å². The third-order valence-corrected chi connectivity index (χ3v) is 10.6. The molecule has 0 fully saturated rings. The summed E-state index contributed by atoms with van der Waals surface area (Å²) in [4.78, 5) is 0. The molecule has 2 aromatic rings. The van der Waals surface area contributed by atoms with Gasteiger partial charge in [-0.1, -0.05) is 32.4 Å². The SMILES string of the molecule is CC(C)(C)[Si](C)(C)OCCC1CNCc2cc(-c3ccc(F)c(Cl)c3)nn21. The number of halogens is 2. The smallest absolute Gasteiger partial charge is 0.191 e. The van der Waals surface area contributed by atoms with Gasteiger partial charge in [0, 0.05) is 25.3 Å². The van der Waals surface area contributed by atoms with Crippen LogP contribution in [0.3, 0.4) is 0 Å². The summed E-state index contributed by atoms with van der Waals surface area (Å²) >= 11 is 5.93. The van der Waals surface area contributed by atoms with Crippen molar-refractivity contribution in [2.45, 2.75) is 57.9 Å². The number of hydrogen-bond acceptors (Lipinski definition) is 3. The van der Waals surface area contributed by atoms with Crippen molar-refractivity contribution >= 4 is 19.9 Å². The first-order valence-electron chi connectivity index (χ1n) is 9.47. The minimum Gasteiger partial charge on any atom is -0.417 e. The molecule has 0 radical (unpaired) electrons. The lowest BCUT2D eigenvalue weighted by Gasteiger charge is -2.36. The normalized spacial score (nSPS) is 17.8. The summed E-state index contributed by atoms with van der Waals surface area (Å²) in [6.07, 6.45) is 0.914. The van der Waals surface area contributed by atoms with E-state index in [0.29, 0.717) is 0 Å². The molecule has 3 rings (SSSR count). The fourth-order valence-corrected chi connectivity index (χ4v) is 4.26. The third-order valence-electron chi connectivity index (χ3n) is 5.78. The van der Waals surface area contributed by atoms with Crippen LogP contribution in [0.5, 0.6) is 0 Å². The Bertz CT molecular complexity index is 816. The molecule has 1 aliphatic rings. The number of nitrogens with one attached hydrogen (secondary N) is 1. The Morgan fingerprint density at radius 2 is 2.07 bits per heavy atom. The highest BCUT2D eigenvalue weighted by atomic mass is 35.5. The molecule has 1 aromatic carbocycles. The molecule has 2 heterocycles. The van der Waals surface area contributed by atoms with Crippen LogP contribution in [0, 0.1) is 5.82 Å². The van der Waals surface area contributed by atoms with E-state index in [0.717, 1.165) is 43.1 Å². The van der Waals surface area contributed by atoms with E-state index in [2.05, 4.69) is 49.9 Å². The number of hydrogen-bond donors (Lipinski definition) is 1. The molecule has 0 saturated heterocycles. The van der Waals surface area contributed by atoms with E-state index in [4.69, 9.17) is 21.1 Å². The molecule has 1 unspecified atom stereocenters. The summed E-state index contributed by atoms with van der Waals surface area (Å²) in [6, 6.07) is 7.05. The third kappa shape index (κ3) is 4.45. The molecule has 1 aliphatic heterocycles. The second-order valence-electron chi connectivity index (χ2n) is 8.78. The Kier molecular flexibility index (Phi) is 5.82. The molecule has 0 aliphatic carbocycles. The lowest BCUT2D eigenvalue weighted by Crippen LogP contribution is -2.42. The van der Waals surface area contributed by atoms with Crippen LogP contribution in [-0.4, -0.2) is 31.2 Å². The summed E-state index contributed by atoms with van der Waals surface area (Å²) in [5.41, 5.74) is 2.79. The first kappa shape index (κ1) is 20.5. The molecule has 1 N–H and O–H groups in total. The molecule has 0 bridgehead atoms. The Hall–Kier alpha value is -1.21. The Morgan fingerprint density at radius 3 is 2.74 bits per heavy atom. The van der Waals surface area contributed by atoms with Gasteiger partial charge in [-0.05, 0) is 48.8 Å². The second-order valence-corrected chi connectivity index (χ2v) is 14.0. The number of benzene rings is 1. The maximum absolute atomic E-state index is 13.4. The monoisotopic (exact) mass is 409 g/mol. The van der Waals surface area contributed by atoms with Gasteiger partial charge in [0.1, 0.15) is 5.82 Å². The van der Waals surface area contributed by atoms with Gasteiger partial charge < -0.3 is 9.74 Å². The zero-order valence-electron chi connectivity index (χ0n) is 16.8. The lowest BCUT2D eigenvalue weighted by atomic mass is 10.1. The summed E-state index contributed by atoms with van der Waals surface area (Å²) in [5, 5.41) is 8.58. The molecular formula is C20H29ClFN3OSi. The van der Waals surface area contributed by atoms with Gasteiger partial charge >= 0.3 is 0 Å². The van der Waals surface area contributed by atoms with Crippen molar-refractivity contribution in [2.75, 3.05) is 13.2 Å². The molecule has 7 heteroatoms. The summed E-state index contributed by atoms with van der Waals surface area (Å²) in [6.45, 7) is 13.7. The molecule has 0 saturated carbocycles. The van der Waals surface area contributed by atoms with Crippen LogP contribution in [0.1, 0.15) is 38.9 Å². The molecule has 148 valence electrons. The number of fused-ring (bicyclic) bond motifs is 1. The van der Waals surface area contributed by atoms with Crippen LogP contribution in [0.2, 0.25) is 23.2 Å². The number of rotatable bonds is 5. The van der Waals surface area contributed by atoms with Gasteiger partial charge in [0.2, 0.25) is 0 Å². The van der Waals surface area contributed by atoms with E-state index in [1.165, 1.54) is 6.07 Å². The van der Waals surface area contributed by atoms with Gasteiger partial charge in [-0.2, -0.15) is 5.10 Å². The van der Waals surface area contributed by atoms with Crippen LogP contribution in [0.15, 0.2) is 24.3 Å². The topological polar surface area (TPSA) is 39.1 Å². The highest BCUT2D eigenvalue weighted by Crippen LogP contribution is 2.37. The highest BCUT2D eigenvalue weighted by molar-refractivity contribution is 6.74. The van der Waals surface area contributed by atoms with Gasteiger partial charge in [0.05, 0.1) is 22.5 Å². The van der Waals surface area contributed by atoms with Crippen molar-refractivity contribution in [2.24, 2.45) is 0 Å². The van der Waals surface area contributed by atoms with Crippen LogP contribution in [0.4, 0.5) is 4.39 Å². The van der Waals surface area contributed by atoms with Gasteiger partial charge in [0.25, 0.3) is 0 Å². The zero-order chi connectivity index (χ0) is 19.8. The standard InChI is InChI=1S/C20H29ClFN3OSi/c1-20(2,3)27(4,5)26-9-8-15-12-23-13-16-11-19(24-25(15)16)14-6-7-18(22)17(21)10-14/h6-7,10-11,15,23H,8-9,12-13H2,1-5H3. The van der Waals surface area contributed by atoms with Crippen LogP contribution in [-0.2, 0) is 11.0 Å². The highest BCUT2D eigenvalue weighted by Gasteiger charge is 2.37. The summed E-state index contributed by atoms with van der Waals surface area (Å²) < 4.78 is 21.9. The molecule has 1 aromatic heterocycles. The minimum atomic E-state index is -1.74. The van der Waals surface area contributed by atoms with Crippen molar-refractivity contribution in [1.29, 1.82) is 0 Å². The predicted molar refractivity (Wildman–Crippen MR) is 111 cm³/mol. The molecular weight excluding hydrogens is 381 g/mol. The van der Waals surface area contributed by atoms with E-state index in [9.17, 15) is 4.39 Å². The average molecular weight is 410 g/mol. The average Bonchev–Trinajstić information content (AvgIpc) is 3.01. The van der Waals surface area contributed by atoms with E-state index >= 15 is 0 Å². The second kappa shape index (κ2) is 7.66. The maximum Gasteiger partial charge on any atom is 0.191 e. The predicted octanol–water partition coefficient (Wildman–Crippen LogP) is 5.40. The van der Waals surface area contributed by atoms with E-state index in [1.54, 1.807) is 12.1 Å². The fraction of sp³-hybridized carbons (Fsp3) is 0.550. The van der Waals surface area contributed by atoms with E-state index in [-0.39, 0.29) is 16.1 Å². The molecule has 4 nitrogen and oxygen atoms in total. The Morgan fingerprint density at radius 1 is 1.33 bits per heavy atom. The first-order chi connectivity index (χ1) is 12.6. The van der Waals surface area contributed by atoms with Crippen molar-refractivity contribution in [3.8, 4) is 11.3 Å². The van der Waals surface area contributed by atoms with E-state index < -0.39 is 14.1 Å². The molecule has 0 spiro atoms. The van der Waals surface area contributed by atoms with Crippen molar-refractivity contribution in [3.05, 3.63) is 40.8 Å². The van der Waals surface area contributed by atoms with Crippen molar-refractivity contribution < 1.29 is 8.82 Å². The largest absolute Gasteiger partial charge is 0.417 e. The van der Waals surface area contributed by atoms with Gasteiger partial charge in [-0.25, -0.2) is 4.39 Å². The zero-order valence-corrected chi connectivity index (χ0v) is 18.5. The van der Waals surface area contributed by atoms with Gasteiger partial charge in [-0.3, -0.25) is 4.68 Å². The summed E-state index contributed by atoms with van der Waals surface area (Å²) in [5.74, 6) is -0.410. The molecule has 1 atom stereocenters. The fourth-order valence-electron chi connectivity index (χ4n) is 3.02. The quantitative estimate of drug-likeness (QED) is 0.672. The van der Waals surface area contributed by atoms with Gasteiger partial charge in [-0.15, -0.1) is 0 Å². The summed E-state index contributed by atoms with van der Waals surface area (Å²) in [7, 11) is -1.74. The van der Waals surface area contributed by atoms with Gasteiger partial charge in [0.15, 0.2) is 8.32 Å². The minimum absolute atomic E-state index is 0.121. The number of nitrogens with zero attached hydrogens (tertiary/aromatic N) is 2.